The van der Waals surface area contributed by atoms with Gasteiger partial charge in [0.15, 0.2) is 5.65 Å². The lowest BCUT2D eigenvalue weighted by atomic mass is 10.1. The van der Waals surface area contributed by atoms with Crippen LogP contribution in [0, 0.1) is 5.82 Å². The highest BCUT2D eigenvalue weighted by Crippen LogP contribution is 2.30. The average Bonchev–Trinajstić information content (AvgIpc) is 3.10. The van der Waals surface area contributed by atoms with E-state index in [1.54, 1.807) is 17.9 Å². The molecule has 7 nitrogen and oxygen atoms in total. The van der Waals surface area contributed by atoms with Crippen molar-refractivity contribution in [1.29, 1.82) is 0 Å². The lowest BCUT2D eigenvalue weighted by molar-refractivity contribution is 0.146. The molecule has 0 spiro atoms. The van der Waals surface area contributed by atoms with Crippen LogP contribution in [0.3, 0.4) is 0 Å². The van der Waals surface area contributed by atoms with E-state index in [1.807, 2.05) is 24.3 Å². The van der Waals surface area contributed by atoms with Gasteiger partial charge in [-0.25, -0.2) is 9.37 Å². The third-order valence-corrected chi connectivity index (χ3v) is 4.28. The molecule has 0 atom stereocenters. The predicted octanol–water partition coefficient (Wildman–Crippen LogP) is 2.94. The van der Waals surface area contributed by atoms with E-state index in [-0.39, 0.29) is 5.56 Å². The van der Waals surface area contributed by atoms with Crippen molar-refractivity contribution in [3.63, 3.8) is 0 Å². The zero-order valence-electron chi connectivity index (χ0n) is 15.1. The van der Waals surface area contributed by atoms with Crippen LogP contribution < -0.4 is 10.3 Å². The van der Waals surface area contributed by atoms with E-state index in [0.29, 0.717) is 41.2 Å². The van der Waals surface area contributed by atoms with E-state index in [9.17, 15) is 9.18 Å². The number of benzene rings is 1. The van der Waals surface area contributed by atoms with Gasteiger partial charge in [0, 0.05) is 24.9 Å². The zero-order valence-corrected chi connectivity index (χ0v) is 15.1. The lowest BCUT2D eigenvalue weighted by Crippen LogP contribution is -2.07. The maximum atomic E-state index is 13.6. The second-order valence-corrected chi connectivity index (χ2v) is 6.07. The summed E-state index contributed by atoms with van der Waals surface area (Å²) in [5.41, 5.74) is 2.12. The van der Waals surface area contributed by atoms with Crippen LogP contribution in [0.1, 0.15) is 0 Å². The highest BCUT2D eigenvalue weighted by Gasteiger charge is 2.16. The van der Waals surface area contributed by atoms with Crippen LogP contribution in [0.15, 0.2) is 60.0 Å². The van der Waals surface area contributed by atoms with Crippen LogP contribution in [0.2, 0.25) is 0 Å². The molecule has 0 aliphatic rings. The first-order valence-corrected chi connectivity index (χ1v) is 8.59. The molecule has 0 saturated carbocycles. The Hall–Kier alpha value is -3.52. The summed E-state index contributed by atoms with van der Waals surface area (Å²) in [5, 5.41) is 0.416. The average molecular weight is 380 g/mol. The minimum absolute atomic E-state index is 0.275. The van der Waals surface area contributed by atoms with E-state index in [1.165, 1.54) is 18.6 Å². The van der Waals surface area contributed by atoms with E-state index in [0.717, 1.165) is 11.8 Å². The third-order valence-electron chi connectivity index (χ3n) is 4.28. The number of ether oxygens (including phenoxy) is 2. The molecule has 0 amide bonds. The molecule has 4 rings (SSSR count). The molecular formula is C20H17FN4O3. The quantitative estimate of drug-likeness (QED) is 0.520. The van der Waals surface area contributed by atoms with Crippen molar-refractivity contribution < 1.29 is 13.9 Å². The molecule has 0 radical (unpaired) electrons. The summed E-state index contributed by atoms with van der Waals surface area (Å²) in [6.45, 7) is 0.948. The van der Waals surface area contributed by atoms with Crippen LogP contribution in [0.5, 0.6) is 5.75 Å². The number of nitrogens with zero attached hydrogens (tertiary/aromatic N) is 3. The highest BCUT2D eigenvalue weighted by atomic mass is 19.1. The van der Waals surface area contributed by atoms with Crippen molar-refractivity contribution >= 4 is 11.0 Å². The maximum Gasteiger partial charge on any atom is 0.260 e. The molecule has 0 aliphatic carbocycles. The summed E-state index contributed by atoms with van der Waals surface area (Å²) >= 11 is 0. The number of halogens is 1. The van der Waals surface area contributed by atoms with Gasteiger partial charge in [-0.3, -0.25) is 14.3 Å². The first-order valence-electron chi connectivity index (χ1n) is 8.59. The number of pyridine rings is 1. The van der Waals surface area contributed by atoms with Gasteiger partial charge in [0.05, 0.1) is 36.4 Å². The van der Waals surface area contributed by atoms with Gasteiger partial charge in [0.2, 0.25) is 0 Å². The van der Waals surface area contributed by atoms with Crippen LogP contribution in [0.25, 0.3) is 27.8 Å². The first kappa shape index (κ1) is 17.9. The summed E-state index contributed by atoms with van der Waals surface area (Å²) in [5.74, 6) is 0.231. The topological polar surface area (TPSA) is 82.0 Å². The van der Waals surface area contributed by atoms with Crippen molar-refractivity contribution in [1.82, 2.24) is 19.5 Å². The molecule has 3 aromatic heterocycles. The molecular weight excluding hydrogens is 363 g/mol. The molecule has 142 valence electrons. The predicted molar refractivity (Wildman–Crippen MR) is 102 cm³/mol. The Morgan fingerprint density at radius 3 is 2.75 bits per heavy atom. The summed E-state index contributed by atoms with van der Waals surface area (Å²) in [4.78, 5) is 23.2. The van der Waals surface area contributed by atoms with Gasteiger partial charge in [-0.15, -0.1) is 0 Å². The monoisotopic (exact) mass is 380 g/mol. The maximum absolute atomic E-state index is 13.6. The number of hydrogen-bond acceptors (Lipinski definition) is 5. The largest absolute Gasteiger partial charge is 0.491 e. The summed E-state index contributed by atoms with van der Waals surface area (Å²) in [7, 11) is 1.61. The third kappa shape index (κ3) is 3.37. The molecule has 0 fully saturated rings. The second kappa shape index (κ2) is 7.61. The summed E-state index contributed by atoms with van der Waals surface area (Å²) < 4.78 is 25.8. The Balaban J connectivity index is 1.80. The number of aromatic nitrogens is 4. The minimum Gasteiger partial charge on any atom is -0.491 e. The smallest absolute Gasteiger partial charge is 0.260 e. The Bertz CT molecular complexity index is 1170. The van der Waals surface area contributed by atoms with E-state index in [2.05, 4.69) is 15.0 Å². The zero-order chi connectivity index (χ0) is 19.5. The van der Waals surface area contributed by atoms with Gasteiger partial charge in [-0.05, 0) is 17.7 Å². The Morgan fingerprint density at radius 1 is 1.18 bits per heavy atom. The fraction of sp³-hybridized carbons (Fsp3) is 0.150. The fourth-order valence-corrected chi connectivity index (χ4v) is 2.99. The molecule has 1 aromatic carbocycles. The highest BCUT2D eigenvalue weighted by molar-refractivity contribution is 5.94. The lowest BCUT2D eigenvalue weighted by Gasteiger charge is -2.06. The standard InChI is InChI=1S/C20H17FN4O3/c1-27-6-7-28-16-4-2-13(3-5-16)17-11-25(15-8-14(21)9-22-10-15)19-18(17)20(26)24-12-23-19/h2-5,8-12H,6-7H2,1H3,(H,23,24,26). The number of H-pyrrole nitrogens is 1. The van der Waals surface area contributed by atoms with Crippen molar-refractivity contribution in [2.24, 2.45) is 0 Å². The summed E-state index contributed by atoms with van der Waals surface area (Å²) in [6.07, 6.45) is 5.72. The Morgan fingerprint density at radius 2 is 2.00 bits per heavy atom. The normalized spacial score (nSPS) is 11.1. The molecule has 0 saturated heterocycles. The van der Waals surface area contributed by atoms with Gasteiger partial charge in [-0.1, -0.05) is 12.1 Å². The molecule has 0 aliphatic heterocycles. The van der Waals surface area contributed by atoms with Gasteiger partial charge >= 0.3 is 0 Å². The van der Waals surface area contributed by atoms with Crippen LogP contribution in [-0.4, -0.2) is 39.8 Å². The molecule has 4 aromatic rings. The Kier molecular flexibility index (Phi) is 4.86. The van der Waals surface area contributed by atoms with Crippen LogP contribution >= 0.6 is 0 Å². The molecule has 0 unspecified atom stereocenters. The van der Waals surface area contributed by atoms with Gasteiger partial charge in [0.25, 0.3) is 5.56 Å². The molecule has 1 N–H and O–H groups in total. The molecule has 3 heterocycles. The van der Waals surface area contributed by atoms with Crippen molar-refractivity contribution in [3.8, 4) is 22.6 Å². The molecule has 0 bridgehead atoms. The summed E-state index contributed by atoms with van der Waals surface area (Å²) in [6, 6.07) is 8.70. The number of fused-ring (bicyclic) bond motifs is 1. The van der Waals surface area contributed by atoms with Crippen LogP contribution in [0.4, 0.5) is 4.39 Å². The fourth-order valence-electron chi connectivity index (χ4n) is 2.99. The number of aromatic amines is 1. The van der Waals surface area contributed by atoms with E-state index >= 15 is 0 Å². The van der Waals surface area contributed by atoms with E-state index < -0.39 is 5.82 Å². The number of hydrogen-bond donors (Lipinski definition) is 1. The van der Waals surface area contributed by atoms with Crippen molar-refractivity contribution in [2.45, 2.75) is 0 Å². The van der Waals surface area contributed by atoms with Crippen molar-refractivity contribution in [2.75, 3.05) is 20.3 Å². The van der Waals surface area contributed by atoms with Gasteiger partial charge in [0.1, 0.15) is 18.2 Å². The molecule has 8 heteroatoms. The minimum atomic E-state index is -0.469. The van der Waals surface area contributed by atoms with Gasteiger partial charge < -0.3 is 14.5 Å². The van der Waals surface area contributed by atoms with Crippen LogP contribution in [-0.2, 0) is 4.74 Å². The number of methoxy groups -OCH3 is 1. The van der Waals surface area contributed by atoms with Crippen molar-refractivity contribution in [3.05, 3.63) is 71.4 Å². The SMILES string of the molecule is COCCOc1ccc(-c2cn(-c3cncc(F)c3)c3nc[nH]c(=O)c23)cc1. The Labute approximate surface area is 159 Å². The first-order chi connectivity index (χ1) is 13.7. The van der Waals surface area contributed by atoms with E-state index in [4.69, 9.17) is 9.47 Å². The van der Waals surface area contributed by atoms with Gasteiger partial charge in [-0.2, -0.15) is 0 Å². The number of nitrogens with one attached hydrogen (secondary N) is 1. The molecule has 28 heavy (non-hydrogen) atoms. The second-order valence-electron chi connectivity index (χ2n) is 6.07. The number of rotatable bonds is 6.